The number of nitriles is 1. The van der Waals surface area contributed by atoms with Crippen LogP contribution >= 0.6 is 0 Å². The van der Waals surface area contributed by atoms with E-state index in [2.05, 4.69) is 20.6 Å². The van der Waals surface area contributed by atoms with Gasteiger partial charge in [0.15, 0.2) is 11.2 Å². The maximum absolute atomic E-state index is 12.6. The van der Waals surface area contributed by atoms with Gasteiger partial charge in [0.1, 0.15) is 41.8 Å². The van der Waals surface area contributed by atoms with Gasteiger partial charge in [-0.05, 0) is 41.6 Å². The molecule has 0 aliphatic heterocycles. The zero-order valence-electron chi connectivity index (χ0n) is 16.5. The Bertz CT molecular complexity index is 1250. The van der Waals surface area contributed by atoms with Gasteiger partial charge in [-0.2, -0.15) is 10.5 Å². The summed E-state index contributed by atoms with van der Waals surface area (Å²) in [6.45, 7) is -0.116. The molecular formula is C20H15N5NaO5+. The van der Waals surface area contributed by atoms with E-state index in [1.54, 1.807) is 42.5 Å². The van der Waals surface area contributed by atoms with Gasteiger partial charge in [-0.25, -0.2) is 0 Å². The SMILES string of the molecule is N#Cc1ccc(OCC(O)COc2cccc3oc(-c4nn[nH]n4)cc(=O)c23)cc1.[Na+]. The third-order valence-corrected chi connectivity index (χ3v) is 4.14. The number of benzene rings is 2. The molecule has 4 rings (SSSR count). The van der Waals surface area contributed by atoms with Crippen molar-refractivity contribution in [2.45, 2.75) is 6.10 Å². The Kier molecular flexibility index (Phi) is 7.38. The van der Waals surface area contributed by atoms with Crippen LogP contribution in [-0.4, -0.2) is 45.0 Å². The maximum atomic E-state index is 12.6. The minimum atomic E-state index is -0.943. The smallest absolute Gasteiger partial charge is 0.491 e. The number of aromatic nitrogens is 4. The van der Waals surface area contributed by atoms with Crippen molar-refractivity contribution in [3.63, 3.8) is 0 Å². The molecule has 0 amide bonds. The fourth-order valence-electron chi connectivity index (χ4n) is 2.73. The van der Waals surface area contributed by atoms with E-state index >= 15 is 0 Å². The fraction of sp³-hybridized carbons (Fsp3) is 0.150. The van der Waals surface area contributed by atoms with Crippen LogP contribution in [0.25, 0.3) is 22.6 Å². The van der Waals surface area contributed by atoms with Crippen LogP contribution < -0.4 is 44.5 Å². The van der Waals surface area contributed by atoms with Crippen molar-refractivity contribution < 1.29 is 48.6 Å². The summed E-state index contributed by atoms with van der Waals surface area (Å²) < 4.78 is 16.8. The topological polar surface area (TPSA) is 147 Å². The van der Waals surface area contributed by atoms with Gasteiger partial charge in [-0.1, -0.05) is 6.07 Å². The van der Waals surface area contributed by atoms with E-state index in [1.165, 1.54) is 6.07 Å². The second kappa shape index (κ2) is 10.2. The van der Waals surface area contributed by atoms with E-state index in [9.17, 15) is 9.90 Å². The quantitative estimate of drug-likeness (QED) is 0.342. The van der Waals surface area contributed by atoms with Gasteiger partial charge in [-0.15, -0.1) is 10.2 Å². The number of tetrazole rings is 1. The molecule has 0 radical (unpaired) electrons. The Morgan fingerprint density at radius 2 is 1.94 bits per heavy atom. The zero-order valence-corrected chi connectivity index (χ0v) is 18.5. The average Bonchev–Trinajstić information content (AvgIpc) is 3.31. The molecule has 0 aliphatic rings. The molecule has 1 unspecified atom stereocenters. The number of rotatable bonds is 7. The van der Waals surface area contributed by atoms with E-state index in [-0.39, 0.29) is 70.9 Å². The number of aliphatic hydroxyl groups excluding tert-OH is 1. The van der Waals surface area contributed by atoms with Crippen LogP contribution in [-0.2, 0) is 0 Å². The molecule has 2 aromatic carbocycles. The predicted octanol–water partition coefficient (Wildman–Crippen LogP) is -1.33. The molecular weight excluding hydrogens is 413 g/mol. The third-order valence-electron chi connectivity index (χ3n) is 4.14. The minimum absolute atomic E-state index is 0. The Morgan fingerprint density at radius 1 is 1.16 bits per heavy atom. The minimum Gasteiger partial charge on any atom is -0.491 e. The van der Waals surface area contributed by atoms with E-state index in [1.807, 2.05) is 6.07 Å². The molecule has 2 heterocycles. The van der Waals surface area contributed by atoms with Crippen LogP contribution in [0.15, 0.2) is 57.7 Å². The van der Waals surface area contributed by atoms with Crippen molar-refractivity contribution in [3.8, 4) is 29.2 Å². The van der Waals surface area contributed by atoms with Gasteiger partial charge in [0.2, 0.25) is 5.82 Å². The second-order valence-electron chi connectivity index (χ2n) is 6.25. The van der Waals surface area contributed by atoms with Crippen LogP contribution in [0, 0.1) is 11.3 Å². The van der Waals surface area contributed by atoms with Crippen molar-refractivity contribution in [3.05, 3.63) is 64.3 Å². The molecule has 0 saturated carbocycles. The molecule has 150 valence electrons. The molecule has 1 atom stereocenters. The summed E-state index contributed by atoms with van der Waals surface area (Å²) in [5, 5.41) is 32.5. The molecule has 2 N–H and O–H groups in total. The number of hydrogen-bond acceptors (Lipinski definition) is 9. The van der Waals surface area contributed by atoms with Crippen LogP contribution in [0.3, 0.4) is 0 Å². The average molecular weight is 428 g/mol. The van der Waals surface area contributed by atoms with Gasteiger partial charge >= 0.3 is 29.6 Å². The molecule has 0 aliphatic carbocycles. The summed E-state index contributed by atoms with van der Waals surface area (Å²) in [6.07, 6.45) is -0.943. The van der Waals surface area contributed by atoms with Crippen molar-refractivity contribution in [2.24, 2.45) is 0 Å². The molecule has 31 heavy (non-hydrogen) atoms. The number of aliphatic hydroxyl groups is 1. The van der Waals surface area contributed by atoms with E-state index in [0.717, 1.165) is 0 Å². The number of nitrogens with one attached hydrogen (secondary N) is 1. The number of H-pyrrole nitrogens is 1. The summed E-state index contributed by atoms with van der Waals surface area (Å²) in [7, 11) is 0. The molecule has 2 aromatic heterocycles. The maximum Gasteiger partial charge on any atom is 1.00 e. The number of aromatic amines is 1. The van der Waals surface area contributed by atoms with Crippen LogP contribution in [0.2, 0.25) is 0 Å². The van der Waals surface area contributed by atoms with Crippen molar-refractivity contribution >= 4 is 11.0 Å². The summed E-state index contributed by atoms with van der Waals surface area (Å²) in [5.74, 6) is 1.14. The Hall–Kier alpha value is -3.23. The number of nitrogens with zero attached hydrogens (tertiary/aromatic N) is 4. The van der Waals surface area contributed by atoms with Gasteiger partial charge in [0.25, 0.3) is 0 Å². The predicted molar refractivity (Wildman–Crippen MR) is 104 cm³/mol. The summed E-state index contributed by atoms with van der Waals surface area (Å²) in [5.41, 5.74) is 0.474. The largest absolute Gasteiger partial charge is 1.00 e. The van der Waals surface area contributed by atoms with Crippen molar-refractivity contribution in [1.82, 2.24) is 20.6 Å². The van der Waals surface area contributed by atoms with Crippen molar-refractivity contribution in [2.75, 3.05) is 13.2 Å². The van der Waals surface area contributed by atoms with E-state index < -0.39 is 6.10 Å². The first-order chi connectivity index (χ1) is 14.6. The molecule has 0 spiro atoms. The molecule has 4 aromatic rings. The zero-order chi connectivity index (χ0) is 20.9. The first-order valence-corrected chi connectivity index (χ1v) is 8.88. The third kappa shape index (κ3) is 5.28. The molecule has 0 fully saturated rings. The Balaban J connectivity index is 0.00000272. The van der Waals surface area contributed by atoms with Crippen molar-refractivity contribution in [1.29, 1.82) is 5.26 Å². The Morgan fingerprint density at radius 3 is 2.65 bits per heavy atom. The first kappa shape index (κ1) is 22.5. The molecule has 0 saturated heterocycles. The monoisotopic (exact) mass is 428 g/mol. The second-order valence-corrected chi connectivity index (χ2v) is 6.25. The molecule has 11 heteroatoms. The van der Waals surface area contributed by atoms with Gasteiger partial charge in [-0.3, -0.25) is 4.79 Å². The summed E-state index contributed by atoms with van der Waals surface area (Å²) >= 11 is 0. The Labute approximate surface area is 197 Å². The molecule has 10 nitrogen and oxygen atoms in total. The number of fused-ring (bicyclic) bond motifs is 1. The fourth-order valence-corrected chi connectivity index (χ4v) is 2.73. The first-order valence-electron chi connectivity index (χ1n) is 8.88. The van der Waals surface area contributed by atoms with Gasteiger partial charge < -0.3 is 19.0 Å². The number of hydrogen-bond donors (Lipinski definition) is 2. The normalized spacial score (nSPS) is 11.4. The summed E-state index contributed by atoms with van der Waals surface area (Å²) in [6, 6.07) is 14.7. The van der Waals surface area contributed by atoms with E-state index in [0.29, 0.717) is 16.9 Å². The van der Waals surface area contributed by atoms with Gasteiger partial charge in [0, 0.05) is 6.07 Å². The number of ether oxygens (including phenoxy) is 2. The van der Waals surface area contributed by atoms with Crippen LogP contribution in [0.4, 0.5) is 0 Å². The van der Waals surface area contributed by atoms with Crippen LogP contribution in [0.1, 0.15) is 5.56 Å². The van der Waals surface area contributed by atoms with E-state index in [4.69, 9.17) is 19.2 Å². The standard InChI is InChI=1S/C20H15N5O5.Na/c21-9-12-4-6-14(7-5-12)28-10-13(26)11-29-16-2-1-3-17-19(16)15(27)8-18(30-17)20-22-24-25-23-20;/h1-8,13,26H,10-11H2,(H,22,23,24,25);/q;+1. The van der Waals surface area contributed by atoms with Gasteiger partial charge in [0.05, 0.1) is 11.6 Å². The van der Waals surface area contributed by atoms with Crippen LogP contribution in [0.5, 0.6) is 11.5 Å². The summed E-state index contributed by atoms with van der Waals surface area (Å²) in [4.78, 5) is 12.6. The molecule has 0 bridgehead atoms.